The number of nitrogens with zero attached hydrogens (tertiary/aromatic N) is 3. The van der Waals surface area contributed by atoms with Crippen molar-refractivity contribution in [3.05, 3.63) is 62.4 Å². The number of nitriles is 1. The number of carbonyl (C=O) groups excluding carboxylic acids is 1. The molecule has 1 saturated carbocycles. The second-order valence-electron chi connectivity index (χ2n) is 5.93. The lowest BCUT2D eigenvalue weighted by Crippen LogP contribution is -2.41. The van der Waals surface area contributed by atoms with E-state index in [9.17, 15) is 14.4 Å². The number of para-hydroxylation sites is 1. The van der Waals surface area contributed by atoms with Crippen LogP contribution < -0.4 is 16.0 Å². The normalized spacial score (nSPS) is 13.3. The van der Waals surface area contributed by atoms with Crippen molar-refractivity contribution in [2.24, 2.45) is 0 Å². The highest BCUT2D eigenvalue weighted by Crippen LogP contribution is 2.33. The Morgan fingerprint density at radius 3 is 2.68 bits per heavy atom. The zero-order chi connectivity index (χ0) is 18.0. The van der Waals surface area contributed by atoms with Crippen molar-refractivity contribution >= 4 is 5.78 Å². The van der Waals surface area contributed by atoms with E-state index in [0.717, 1.165) is 17.4 Å². The summed E-state index contributed by atoms with van der Waals surface area (Å²) in [7, 11) is 0. The highest BCUT2D eigenvalue weighted by atomic mass is 16.5. The Bertz CT molecular complexity index is 977. The van der Waals surface area contributed by atoms with Gasteiger partial charge in [0, 0.05) is 12.2 Å². The summed E-state index contributed by atoms with van der Waals surface area (Å²) in [6, 6.07) is 8.69. The maximum atomic E-state index is 12.5. The molecule has 3 rings (SSSR count). The van der Waals surface area contributed by atoms with Crippen LogP contribution in [0.2, 0.25) is 0 Å². The summed E-state index contributed by atoms with van der Waals surface area (Å²) < 4.78 is 8.06. The van der Waals surface area contributed by atoms with Crippen LogP contribution in [0.1, 0.15) is 41.7 Å². The van der Waals surface area contributed by atoms with Crippen LogP contribution in [-0.2, 0) is 6.54 Å². The lowest BCUT2D eigenvalue weighted by atomic mass is 10.1. The molecule has 1 fully saturated rings. The zero-order valence-corrected chi connectivity index (χ0v) is 13.8. The van der Waals surface area contributed by atoms with Gasteiger partial charge in [-0.3, -0.25) is 18.7 Å². The highest BCUT2D eigenvalue weighted by Gasteiger charge is 2.26. The maximum Gasteiger partial charge on any atom is 0.331 e. The molecule has 7 heteroatoms. The van der Waals surface area contributed by atoms with Crippen molar-refractivity contribution in [2.45, 2.75) is 32.4 Å². The van der Waals surface area contributed by atoms with Crippen molar-refractivity contribution in [1.82, 2.24) is 9.13 Å². The van der Waals surface area contributed by atoms with Gasteiger partial charge in [0.1, 0.15) is 24.0 Å². The van der Waals surface area contributed by atoms with E-state index >= 15 is 0 Å². The molecular weight excluding hydrogens is 322 g/mol. The Labute approximate surface area is 143 Å². The Morgan fingerprint density at radius 2 is 2.04 bits per heavy atom. The Balaban J connectivity index is 1.84. The van der Waals surface area contributed by atoms with Crippen molar-refractivity contribution in [2.75, 3.05) is 6.61 Å². The second-order valence-corrected chi connectivity index (χ2v) is 5.93. The van der Waals surface area contributed by atoms with Crippen LogP contribution in [0.5, 0.6) is 5.75 Å². The first kappa shape index (κ1) is 16.7. The van der Waals surface area contributed by atoms with Crippen LogP contribution >= 0.6 is 0 Å². The molecule has 0 saturated heterocycles. The van der Waals surface area contributed by atoms with Crippen molar-refractivity contribution in [1.29, 1.82) is 5.26 Å². The van der Waals surface area contributed by atoms with Gasteiger partial charge in [0.05, 0.1) is 12.1 Å². The first-order valence-electron chi connectivity index (χ1n) is 8.01. The Morgan fingerprint density at radius 1 is 1.32 bits per heavy atom. The molecule has 0 unspecified atom stereocenters. The van der Waals surface area contributed by atoms with Gasteiger partial charge in [-0.05, 0) is 31.9 Å². The molecule has 1 aliphatic rings. The second kappa shape index (κ2) is 6.77. The van der Waals surface area contributed by atoms with E-state index in [1.54, 1.807) is 24.3 Å². The fourth-order valence-electron chi connectivity index (χ4n) is 2.64. The molecule has 1 aliphatic carbocycles. The molecule has 0 N–H and O–H groups in total. The van der Waals surface area contributed by atoms with E-state index in [4.69, 9.17) is 10.00 Å². The molecule has 0 radical (unpaired) electrons. The molecule has 7 nitrogen and oxygen atoms in total. The maximum absolute atomic E-state index is 12.5. The van der Waals surface area contributed by atoms with Gasteiger partial charge in [-0.2, -0.15) is 5.26 Å². The number of benzene rings is 1. The van der Waals surface area contributed by atoms with E-state index in [1.807, 2.05) is 6.07 Å². The number of hydrogen-bond donors (Lipinski definition) is 0. The largest absolute Gasteiger partial charge is 0.491 e. The van der Waals surface area contributed by atoms with Gasteiger partial charge in [0.25, 0.3) is 5.56 Å². The van der Waals surface area contributed by atoms with Gasteiger partial charge in [-0.25, -0.2) is 4.79 Å². The molecule has 1 aromatic carbocycles. The topological polar surface area (TPSA) is 94.1 Å². The Kier molecular flexibility index (Phi) is 4.52. The molecule has 0 spiro atoms. The minimum atomic E-state index is -0.618. The van der Waals surface area contributed by atoms with Gasteiger partial charge in [0.2, 0.25) is 0 Å². The monoisotopic (exact) mass is 339 g/mol. The summed E-state index contributed by atoms with van der Waals surface area (Å²) >= 11 is 0. The molecule has 0 aliphatic heterocycles. The van der Waals surface area contributed by atoms with E-state index < -0.39 is 11.2 Å². The van der Waals surface area contributed by atoms with Crippen LogP contribution in [0, 0.1) is 11.3 Å². The van der Waals surface area contributed by atoms with Gasteiger partial charge >= 0.3 is 5.69 Å². The number of aromatic nitrogens is 2. The number of Topliss-reactive ketones (excluding diaryl/α,β-unsaturated/α-hetero) is 1. The molecular formula is C18H17N3O4. The smallest absolute Gasteiger partial charge is 0.331 e. The lowest BCUT2D eigenvalue weighted by molar-refractivity contribution is 0.101. The molecule has 1 aromatic heterocycles. The summed E-state index contributed by atoms with van der Waals surface area (Å²) in [6.45, 7) is 1.49. The van der Waals surface area contributed by atoms with Crippen LogP contribution in [0.3, 0.4) is 0 Å². The van der Waals surface area contributed by atoms with E-state index in [0.29, 0.717) is 11.3 Å². The summed E-state index contributed by atoms with van der Waals surface area (Å²) in [4.78, 5) is 36.3. The van der Waals surface area contributed by atoms with Gasteiger partial charge in [-0.1, -0.05) is 12.1 Å². The third-order valence-corrected chi connectivity index (χ3v) is 4.10. The van der Waals surface area contributed by atoms with Crippen LogP contribution in [-0.4, -0.2) is 21.5 Å². The van der Waals surface area contributed by atoms with Crippen LogP contribution in [0.25, 0.3) is 0 Å². The van der Waals surface area contributed by atoms with Crippen molar-refractivity contribution in [3.63, 3.8) is 0 Å². The lowest BCUT2D eigenvalue weighted by Gasteiger charge is -2.12. The first-order valence-corrected chi connectivity index (χ1v) is 8.01. The summed E-state index contributed by atoms with van der Waals surface area (Å²) in [5.74, 6) is 0.275. The van der Waals surface area contributed by atoms with E-state index in [2.05, 4.69) is 0 Å². The quantitative estimate of drug-likeness (QED) is 0.743. The SMILES string of the molecule is CC(=O)c1ccccc1OCCn1c(=O)c(C#N)cn(C2CC2)c1=O. The molecule has 0 atom stereocenters. The predicted octanol–water partition coefficient (Wildman–Crippen LogP) is 1.50. The summed E-state index contributed by atoms with van der Waals surface area (Å²) in [6.07, 6.45) is 3.07. The van der Waals surface area contributed by atoms with Gasteiger partial charge < -0.3 is 4.74 Å². The Hall–Kier alpha value is -3.14. The molecule has 0 amide bonds. The third kappa shape index (κ3) is 3.38. The summed E-state index contributed by atoms with van der Waals surface area (Å²) in [5, 5.41) is 9.11. The minimum Gasteiger partial charge on any atom is -0.491 e. The van der Waals surface area contributed by atoms with Gasteiger partial charge in [-0.15, -0.1) is 0 Å². The van der Waals surface area contributed by atoms with Crippen molar-refractivity contribution < 1.29 is 9.53 Å². The number of ketones is 1. The van der Waals surface area contributed by atoms with E-state index in [1.165, 1.54) is 17.7 Å². The third-order valence-electron chi connectivity index (χ3n) is 4.10. The summed E-state index contributed by atoms with van der Waals surface area (Å²) in [5.41, 5.74) is -0.672. The molecule has 128 valence electrons. The molecule has 25 heavy (non-hydrogen) atoms. The average Bonchev–Trinajstić information content (AvgIpc) is 3.43. The highest BCUT2D eigenvalue weighted by molar-refractivity contribution is 5.96. The predicted molar refractivity (Wildman–Crippen MR) is 89.9 cm³/mol. The fourth-order valence-corrected chi connectivity index (χ4v) is 2.64. The van der Waals surface area contributed by atoms with E-state index in [-0.39, 0.29) is 30.5 Å². The molecule has 0 bridgehead atoms. The number of ether oxygens (including phenoxy) is 1. The first-order chi connectivity index (χ1) is 12.0. The number of hydrogen-bond acceptors (Lipinski definition) is 5. The van der Waals surface area contributed by atoms with Gasteiger partial charge in [0.15, 0.2) is 5.78 Å². The standard InChI is InChI=1S/C18H17N3O4/c1-12(22)15-4-2-3-5-16(15)25-9-8-20-17(23)13(10-19)11-21(18(20)24)14-6-7-14/h2-5,11,14H,6-9H2,1H3. The zero-order valence-electron chi connectivity index (χ0n) is 13.8. The average molecular weight is 339 g/mol. The molecule has 2 aromatic rings. The minimum absolute atomic E-state index is 0.00610. The molecule has 1 heterocycles. The number of carbonyl (C=O) groups is 1. The van der Waals surface area contributed by atoms with Crippen LogP contribution in [0.4, 0.5) is 0 Å². The number of rotatable bonds is 6. The fraction of sp³-hybridized carbons (Fsp3) is 0.333. The van der Waals surface area contributed by atoms with Crippen molar-refractivity contribution in [3.8, 4) is 11.8 Å². The van der Waals surface area contributed by atoms with Crippen LogP contribution in [0.15, 0.2) is 40.1 Å².